The molecule has 5 aliphatic rings. The van der Waals surface area contributed by atoms with E-state index in [-0.39, 0.29) is 33.8 Å². The highest BCUT2D eigenvalue weighted by molar-refractivity contribution is 7.00. The normalized spacial score (nSPS) is 19.1. The van der Waals surface area contributed by atoms with E-state index in [2.05, 4.69) is 231 Å². The van der Waals surface area contributed by atoms with Crippen LogP contribution in [0.5, 0.6) is 0 Å². The predicted octanol–water partition coefficient (Wildman–Crippen LogP) is 15.1. The molecule has 0 amide bonds. The molecule has 342 valence electrons. The number of fused-ring (bicyclic) bond motifs is 8. The van der Waals surface area contributed by atoms with Crippen molar-refractivity contribution in [3.63, 3.8) is 0 Å². The van der Waals surface area contributed by atoms with Gasteiger partial charge in [0.15, 0.2) is 0 Å². The van der Waals surface area contributed by atoms with Gasteiger partial charge in [0.1, 0.15) is 0 Å². The first-order valence-corrected chi connectivity index (χ1v) is 25.4. The molecule has 3 nitrogen and oxygen atoms in total. The van der Waals surface area contributed by atoms with Crippen molar-refractivity contribution in [2.24, 2.45) is 10.8 Å². The summed E-state index contributed by atoms with van der Waals surface area (Å²) in [7, 11) is 0. The van der Waals surface area contributed by atoms with Gasteiger partial charge >= 0.3 is 0 Å². The van der Waals surface area contributed by atoms with Gasteiger partial charge in [-0.15, -0.1) is 0 Å². The lowest BCUT2D eigenvalue weighted by Crippen LogP contribution is -2.61. The van der Waals surface area contributed by atoms with Gasteiger partial charge in [0.2, 0.25) is 0 Å². The molecule has 0 radical (unpaired) electrons. The maximum absolute atomic E-state index is 2.73. The van der Waals surface area contributed by atoms with Crippen molar-refractivity contribution in [1.29, 1.82) is 0 Å². The number of aryl methyl sites for hydroxylation is 1. The van der Waals surface area contributed by atoms with Crippen LogP contribution >= 0.6 is 0 Å². The Hall–Kier alpha value is -6.00. The molecule has 4 bridgehead atoms. The maximum Gasteiger partial charge on any atom is 0.252 e. The van der Waals surface area contributed by atoms with Crippen molar-refractivity contribution >= 4 is 74.3 Å². The van der Waals surface area contributed by atoms with Crippen LogP contribution in [0.2, 0.25) is 0 Å². The summed E-state index contributed by atoms with van der Waals surface area (Å²) in [6.07, 6.45) is 5.51. The van der Waals surface area contributed by atoms with Crippen LogP contribution in [0.1, 0.15) is 127 Å². The van der Waals surface area contributed by atoms with Gasteiger partial charge in [0.05, 0.1) is 0 Å². The zero-order valence-electron chi connectivity index (χ0n) is 42.7. The third-order valence-electron chi connectivity index (χ3n) is 16.6. The Bertz CT molecular complexity index is 3210. The summed E-state index contributed by atoms with van der Waals surface area (Å²) in [6.45, 7) is 28.7. The fourth-order valence-electron chi connectivity index (χ4n) is 13.4. The quantitative estimate of drug-likeness (QED) is 0.163. The molecule has 0 saturated heterocycles. The van der Waals surface area contributed by atoms with Crippen LogP contribution in [0.3, 0.4) is 0 Å². The van der Waals surface area contributed by atoms with Crippen LogP contribution in [0.15, 0.2) is 133 Å². The summed E-state index contributed by atoms with van der Waals surface area (Å²) in [6, 6.07) is 53.0. The lowest BCUT2D eigenvalue weighted by molar-refractivity contribution is 0.243. The van der Waals surface area contributed by atoms with Crippen LogP contribution in [-0.2, 0) is 41.9 Å². The van der Waals surface area contributed by atoms with Gasteiger partial charge in [-0.3, -0.25) is 0 Å². The van der Waals surface area contributed by atoms with E-state index in [4.69, 9.17) is 0 Å². The van der Waals surface area contributed by atoms with E-state index in [1.807, 2.05) is 0 Å². The monoisotopic (exact) mass is 890 g/mol. The van der Waals surface area contributed by atoms with Crippen molar-refractivity contribution in [2.45, 2.75) is 131 Å². The molecular weight excluding hydrogens is 822 g/mol. The first kappa shape index (κ1) is 43.3. The van der Waals surface area contributed by atoms with E-state index in [9.17, 15) is 0 Å². The molecule has 7 aromatic rings. The fraction of sp³-hybridized carbons (Fsp3) is 0.344. The number of hydrogen-bond donors (Lipinski definition) is 0. The van der Waals surface area contributed by atoms with Crippen molar-refractivity contribution in [1.82, 2.24) is 0 Å². The van der Waals surface area contributed by atoms with E-state index >= 15 is 0 Å². The van der Waals surface area contributed by atoms with Crippen molar-refractivity contribution in [2.75, 3.05) is 14.7 Å². The van der Waals surface area contributed by atoms with E-state index < -0.39 is 0 Å². The third-order valence-corrected chi connectivity index (χ3v) is 16.6. The van der Waals surface area contributed by atoms with Gasteiger partial charge in [0, 0.05) is 51.2 Å². The minimum Gasteiger partial charge on any atom is -0.311 e. The number of nitrogens with zero attached hydrogens (tertiary/aromatic N) is 3. The Morgan fingerprint density at radius 3 is 1.69 bits per heavy atom. The Morgan fingerprint density at radius 1 is 0.485 bits per heavy atom. The van der Waals surface area contributed by atoms with E-state index in [1.165, 1.54) is 101 Å². The van der Waals surface area contributed by atoms with Crippen LogP contribution in [-0.4, -0.2) is 6.71 Å². The summed E-state index contributed by atoms with van der Waals surface area (Å²) in [5.74, 6) is 0. The second kappa shape index (κ2) is 14.5. The molecule has 1 unspecified atom stereocenters. The third kappa shape index (κ3) is 6.74. The second-order valence-corrected chi connectivity index (χ2v) is 25.3. The van der Waals surface area contributed by atoms with Gasteiger partial charge in [-0.2, -0.15) is 0 Å². The highest BCUT2D eigenvalue weighted by atomic mass is 15.2. The topological polar surface area (TPSA) is 9.72 Å². The highest BCUT2D eigenvalue weighted by Gasteiger charge is 2.48. The predicted molar refractivity (Wildman–Crippen MR) is 292 cm³/mol. The second-order valence-electron chi connectivity index (χ2n) is 25.3. The summed E-state index contributed by atoms with van der Waals surface area (Å²) < 4.78 is 0. The molecule has 0 N–H and O–H groups in total. The number of benzene rings is 7. The summed E-state index contributed by atoms with van der Waals surface area (Å²) >= 11 is 0. The Balaban J connectivity index is 1.18. The zero-order valence-corrected chi connectivity index (χ0v) is 42.7. The smallest absolute Gasteiger partial charge is 0.252 e. The molecule has 3 aliphatic heterocycles. The standard InChI is InChI=1S/C64H68BN3/c1-40-19-24-46(25-20-40)66(47-26-21-43(22-27-47)60(2,3)4)48-28-30-55-52(34-48)65-51-29-23-44-31-56(51)68(54-18-14-16-42-36-64(12,38-50(42)54)39-63(44,10)11)58-33-45(61(5,6)7)32-57(59(58)65)67(55)53-17-13-15-41-35-62(8,9)37-49(41)53/h13-34H,35-39H2,1-12H3. The highest BCUT2D eigenvalue weighted by Crippen LogP contribution is 2.55. The van der Waals surface area contributed by atoms with Crippen molar-refractivity contribution in [3.05, 3.63) is 178 Å². The molecule has 1 atom stereocenters. The van der Waals surface area contributed by atoms with Gasteiger partial charge in [0.25, 0.3) is 6.71 Å². The summed E-state index contributed by atoms with van der Waals surface area (Å²) in [5, 5.41) is 0. The molecule has 12 rings (SSSR count). The first-order valence-electron chi connectivity index (χ1n) is 25.4. The Morgan fingerprint density at radius 2 is 1.06 bits per heavy atom. The van der Waals surface area contributed by atoms with Crippen LogP contribution < -0.4 is 31.1 Å². The van der Waals surface area contributed by atoms with Crippen molar-refractivity contribution < 1.29 is 0 Å². The SMILES string of the molecule is Cc1ccc(N(c2ccc(C(C)(C)C)cc2)c2ccc3c(c2)B2c4ccc5cc4N(c4cccc6c4CC(C)(C6)CC5(C)C)c4cc(C(C)(C)C)cc(c42)N3c2cccc3c2CC(C)(C)C3)cc1. The fourth-order valence-corrected chi connectivity index (χ4v) is 13.4. The van der Waals surface area contributed by atoms with Gasteiger partial charge in [-0.1, -0.05) is 142 Å². The molecular formula is C64H68BN3. The molecule has 0 spiro atoms. The summed E-state index contributed by atoms with van der Waals surface area (Å²) in [4.78, 5) is 7.92. The first-order chi connectivity index (χ1) is 32.2. The van der Waals surface area contributed by atoms with E-state index in [1.54, 1.807) is 0 Å². The molecule has 68 heavy (non-hydrogen) atoms. The van der Waals surface area contributed by atoms with Gasteiger partial charge in [-0.25, -0.2) is 0 Å². The molecule has 0 saturated carbocycles. The molecule has 0 fully saturated rings. The lowest BCUT2D eigenvalue weighted by Gasteiger charge is -2.47. The van der Waals surface area contributed by atoms with Crippen LogP contribution in [0.4, 0.5) is 51.2 Å². The Labute approximate surface area is 407 Å². The van der Waals surface area contributed by atoms with Crippen LogP contribution in [0, 0.1) is 17.8 Å². The van der Waals surface area contributed by atoms with E-state index in [0.29, 0.717) is 0 Å². The number of anilines is 9. The largest absolute Gasteiger partial charge is 0.311 e. The minimum absolute atomic E-state index is 0.000669. The van der Waals surface area contributed by atoms with Gasteiger partial charge < -0.3 is 14.7 Å². The lowest BCUT2D eigenvalue weighted by atomic mass is 9.33. The molecule has 3 heterocycles. The van der Waals surface area contributed by atoms with Gasteiger partial charge in [-0.05, 0) is 194 Å². The maximum atomic E-state index is 2.73. The average molecular weight is 890 g/mol. The average Bonchev–Trinajstić information content (AvgIpc) is 3.79. The molecule has 2 aliphatic carbocycles. The Kier molecular flexibility index (Phi) is 9.24. The molecule has 0 aromatic heterocycles. The number of rotatable bonds is 4. The molecule has 4 heteroatoms. The summed E-state index contributed by atoms with van der Waals surface area (Å²) in [5.41, 5.74) is 27.3. The van der Waals surface area contributed by atoms with Crippen LogP contribution in [0.25, 0.3) is 0 Å². The minimum atomic E-state index is -0.0903. The number of hydrogen-bond acceptors (Lipinski definition) is 3. The van der Waals surface area contributed by atoms with E-state index in [0.717, 1.165) is 43.5 Å². The molecule has 7 aromatic carbocycles. The zero-order chi connectivity index (χ0) is 47.4. The van der Waals surface area contributed by atoms with Crippen molar-refractivity contribution in [3.8, 4) is 0 Å².